The lowest BCUT2D eigenvalue weighted by atomic mass is 10.0. The van der Waals surface area contributed by atoms with Gasteiger partial charge in [-0.1, -0.05) is 50.6 Å². The average molecular weight is 278 g/mol. The zero-order valence-electron chi connectivity index (χ0n) is 12.5. The number of alkyl carbamates (subject to hydrolysis) is 1. The maximum absolute atomic E-state index is 11.8. The lowest BCUT2D eigenvalue weighted by Gasteiger charge is -2.21. The Hall–Kier alpha value is -1.55. The quantitative estimate of drug-likeness (QED) is 0.767. The highest BCUT2D eigenvalue weighted by Gasteiger charge is 2.15. The van der Waals surface area contributed by atoms with Gasteiger partial charge in [-0.25, -0.2) is 4.79 Å². The first kappa shape index (κ1) is 16.5. The minimum Gasteiger partial charge on any atom is -0.445 e. The lowest BCUT2D eigenvalue weighted by molar-refractivity contribution is 0.134. The van der Waals surface area contributed by atoms with Crippen molar-refractivity contribution in [2.24, 2.45) is 5.73 Å². The fraction of sp³-hybridized carbons (Fsp3) is 0.562. The summed E-state index contributed by atoms with van der Waals surface area (Å²) in [7, 11) is 0. The van der Waals surface area contributed by atoms with Crippen LogP contribution in [0.1, 0.15) is 45.1 Å². The summed E-state index contributed by atoms with van der Waals surface area (Å²) in [5, 5.41) is 2.91. The molecule has 1 aromatic rings. The summed E-state index contributed by atoms with van der Waals surface area (Å²) < 4.78 is 5.23. The van der Waals surface area contributed by atoms with Gasteiger partial charge in [-0.15, -0.1) is 0 Å². The van der Waals surface area contributed by atoms with E-state index in [1.165, 1.54) is 0 Å². The van der Waals surface area contributed by atoms with Crippen molar-refractivity contribution < 1.29 is 9.53 Å². The third-order valence-electron chi connectivity index (χ3n) is 3.28. The summed E-state index contributed by atoms with van der Waals surface area (Å²) in [6, 6.07) is 9.88. The summed E-state index contributed by atoms with van der Waals surface area (Å²) in [5.41, 5.74) is 6.94. The molecule has 0 fully saturated rings. The Balaban J connectivity index is 2.37. The van der Waals surface area contributed by atoms with Crippen molar-refractivity contribution in [2.75, 3.05) is 0 Å². The van der Waals surface area contributed by atoms with Crippen LogP contribution in [0.4, 0.5) is 4.79 Å². The van der Waals surface area contributed by atoms with Gasteiger partial charge in [0.25, 0.3) is 0 Å². The molecular weight excluding hydrogens is 252 g/mol. The van der Waals surface area contributed by atoms with E-state index in [0.717, 1.165) is 31.2 Å². The number of rotatable bonds is 8. The minimum atomic E-state index is -0.365. The Kier molecular flexibility index (Phi) is 7.73. The molecule has 0 saturated heterocycles. The van der Waals surface area contributed by atoms with E-state index in [-0.39, 0.29) is 18.2 Å². The van der Waals surface area contributed by atoms with E-state index in [4.69, 9.17) is 10.5 Å². The van der Waals surface area contributed by atoms with Crippen molar-refractivity contribution in [2.45, 2.75) is 58.2 Å². The van der Waals surface area contributed by atoms with Gasteiger partial charge in [0.2, 0.25) is 0 Å². The van der Waals surface area contributed by atoms with Crippen LogP contribution in [0.2, 0.25) is 0 Å². The summed E-state index contributed by atoms with van der Waals surface area (Å²) in [6.07, 6.45) is 3.29. The fourth-order valence-electron chi connectivity index (χ4n) is 2.06. The van der Waals surface area contributed by atoms with Crippen LogP contribution < -0.4 is 11.1 Å². The highest BCUT2D eigenvalue weighted by atomic mass is 16.5. The second-order valence-electron chi connectivity index (χ2n) is 5.10. The number of amides is 1. The zero-order valence-corrected chi connectivity index (χ0v) is 12.5. The first-order valence-electron chi connectivity index (χ1n) is 7.38. The van der Waals surface area contributed by atoms with Gasteiger partial charge in [0.1, 0.15) is 6.61 Å². The predicted molar refractivity (Wildman–Crippen MR) is 81.3 cm³/mol. The number of hydrogen-bond acceptors (Lipinski definition) is 3. The highest BCUT2D eigenvalue weighted by molar-refractivity contribution is 5.67. The Bertz CT molecular complexity index is 381. The molecule has 0 aliphatic rings. The fourth-order valence-corrected chi connectivity index (χ4v) is 2.06. The molecule has 0 spiro atoms. The molecular formula is C16H26N2O2. The third-order valence-corrected chi connectivity index (χ3v) is 3.28. The van der Waals surface area contributed by atoms with Gasteiger partial charge in [-0.05, 0) is 24.8 Å². The number of carbonyl (C=O) groups excluding carboxylic acids is 1. The van der Waals surface area contributed by atoms with Crippen LogP contribution in [0.15, 0.2) is 30.3 Å². The third kappa shape index (κ3) is 6.57. The molecule has 4 heteroatoms. The topological polar surface area (TPSA) is 64.3 Å². The normalized spacial score (nSPS) is 13.6. The van der Waals surface area contributed by atoms with Gasteiger partial charge in [-0.2, -0.15) is 0 Å². The number of nitrogens with two attached hydrogens (primary N) is 1. The number of hydrogen-bond donors (Lipinski definition) is 2. The second kappa shape index (κ2) is 9.37. The number of benzene rings is 1. The van der Waals surface area contributed by atoms with Crippen molar-refractivity contribution in [3.8, 4) is 0 Å². The molecule has 0 heterocycles. The van der Waals surface area contributed by atoms with Gasteiger partial charge < -0.3 is 15.8 Å². The maximum atomic E-state index is 11.8. The van der Waals surface area contributed by atoms with Crippen LogP contribution >= 0.6 is 0 Å². The molecule has 0 radical (unpaired) electrons. The second-order valence-corrected chi connectivity index (χ2v) is 5.10. The number of carbonyl (C=O) groups is 1. The molecule has 0 aliphatic carbocycles. The molecule has 0 bridgehead atoms. The lowest BCUT2D eigenvalue weighted by Crippen LogP contribution is -2.39. The van der Waals surface area contributed by atoms with Crippen LogP contribution in [0.5, 0.6) is 0 Å². The van der Waals surface area contributed by atoms with Gasteiger partial charge >= 0.3 is 6.09 Å². The van der Waals surface area contributed by atoms with Gasteiger partial charge in [0.15, 0.2) is 0 Å². The summed E-state index contributed by atoms with van der Waals surface area (Å²) in [5.74, 6) is 0. The Labute approximate surface area is 121 Å². The maximum Gasteiger partial charge on any atom is 0.407 e. The van der Waals surface area contributed by atoms with E-state index in [2.05, 4.69) is 19.2 Å². The van der Waals surface area contributed by atoms with Crippen LogP contribution in [-0.2, 0) is 11.3 Å². The predicted octanol–water partition coefficient (Wildman–Crippen LogP) is 3.21. The average Bonchev–Trinajstić information content (AvgIpc) is 2.46. The van der Waals surface area contributed by atoms with Crippen molar-refractivity contribution in [1.82, 2.24) is 5.32 Å². The molecule has 1 aromatic carbocycles. The van der Waals surface area contributed by atoms with Gasteiger partial charge in [0.05, 0.1) is 0 Å². The van der Waals surface area contributed by atoms with Crippen LogP contribution in [0, 0.1) is 0 Å². The standard InChI is InChI=1S/C16H26N2O2/c1-3-8-15(11-14(17)4-2)18-16(19)20-12-13-9-6-5-7-10-13/h5-7,9-10,14-15H,3-4,8,11-12,17H2,1-2H3,(H,18,19). The number of nitrogens with one attached hydrogen (secondary N) is 1. The van der Waals surface area contributed by atoms with Gasteiger partial charge in [0, 0.05) is 12.1 Å². The smallest absolute Gasteiger partial charge is 0.407 e. The highest BCUT2D eigenvalue weighted by Crippen LogP contribution is 2.07. The Morgan fingerprint density at radius 3 is 2.60 bits per heavy atom. The van der Waals surface area contributed by atoms with Crippen molar-refractivity contribution in [3.63, 3.8) is 0 Å². The molecule has 20 heavy (non-hydrogen) atoms. The van der Waals surface area contributed by atoms with Crippen LogP contribution in [0.3, 0.4) is 0 Å². The monoisotopic (exact) mass is 278 g/mol. The zero-order chi connectivity index (χ0) is 14.8. The van der Waals surface area contributed by atoms with Crippen molar-refractivity contribution in [3.05, 3.63) is 35.9 Å². The molecule has 2 atom stereocenters. The van der Waals surface area contributed by atoms with E-state index in [1.807, 2.05) is 30.3 Å². The minimum absolute atomic E-state index is 0.0956. The van der Waals surface area contributed by atoms with E-state index in [0.29, 0.717) is 6.61 Å². The molecule has 112 valence electrons. The number of ether oxygens (including phenoxy) is 1. The Morgan fingerprint density at radius 2 is 2.00 bits per heavy atom. The van der Waals surface area contributed by atoms with E-state index < -0.39 is 0 Å². The Morgan fingerprint density at radius 1 is 1.30 bits per heavy atom. The first-order chi connectivity index (χ1) is 9.65. The van der Waals surface area contributed by atoms with Crippen LogP contribution in [0.25, 0.3) is 0 Å². The molecule has 3 N–H and O–H groups in total. The van der Waals surface area contributed by atoms with E-state index in [1.54, 1.807) is 0 Å². The molecule has 0 saturated carbocycles. The van der Waals surface area contributed by atoms with Gasteiger partial charge in [-0.3, -0.25) is 0 Å². The van der Waals surface area contributed by atoms with Crippen LogP contribution in [-0.4, -0.2) is 18.2 Å². The molecule has 2 unspecified atom stereocenters. The molecule has 0 aliphatic heterocycles. The molecule has 1 rings (SSSR count). The summed E-state index contributed by atoms with van der Waals surface area (Å²) >= 11 is 0. The van der Waals surface area contributed by atoms with E-state index >= 15 is 0 Å². The summed E-state index contributed by atoms with van der Waals surface area (Å²) in [6.45, 7) is 4.45. The van der Waals surface area contributed by atoms with E-state index in [9.17, 15) is 4.79 Å². The largest absolute Gasteiger partial charge is 0.445 e. The first-order valence-corrected chi connectivity index (χ1v) is 7.38. The molecule has 0 aromatic heterocycles. The van der Waals surface area contributed by atoms with Crippen molar-refractivity contribution in [1.29, 1.82) is 0 Å². The SMILES string of the molecule is CCCC(CC(N)CC)NC(=O)OCc1ccccc1. The molecule has 4 nitrogen and oxygen atoms in total. The van der Waals surface area contributed by atoms with Crippen molar-refractivity contribution >= 4 is 6.09 Å². The molecule has 1 amide bonds. The summed E-state index contributed by atoms with van der Waals surface area (Å²) in [4.78, 5) is 11.8.